The average molecular weight is 413 g/mol. The normalized spacial score (nSPS) is 37.1. The van der Waals surface area contributed by atoms with Crippen LogP contribution in [0.5, 0.6) is 0 Å². The first-order valence-corrected chi connectivity index (χ1v) is 10.9. The Morgan fingerprint density at radius 1 is 1.07 bits per heavy atom. The number of halogens is 1. The van der Waals surface area contributed by atoms with Gasteiger partial charge in [0.2, 0.25) is 0 Å². The molecule has 1 aromatic rings. The predicted octanol–water partition coefficient (Wildman–Crippen LogP) is 3.82. The van der Waals surface area contributed by atoms with Gasteiger partial charge in [-0.2, -0.15) is 0 Å². The van der Waals surface area contributed by atoms with Crippen LogP contribution in [0, 0.1) is 0 Å². The number of benzene rings is 1. The molecule has 4 atom stereocenters. The Balaban J connectivity index is 1.28. The Bertz CT molecular complexity index is 890. The number of allylic oxidation sites excluding steroid dienone is 2. The van der Waals surface area contributed by atoms with Crippen LogP contribution < -0.4 is 5.43 Å². The van der Waals surface area contributed by atoms with Crippen LogP contribution in [-0.4, -0.2) is 47.8 Å². The third-order valence-corrected chi connectivity index (χ3v) is 7.13. The highest BCUT2D eigenvalue weighted by atomic mass is 35.5. The highest BCUT2D eigenvalue weighted by Crippen LogP contribution is 2.56. The molecule has 1 N–H and O–H groups in total. The van der Waals surface area contributed by atoms with Crippen molar-refractivity contribution in [1.29, 1.82) is 0 Å². The summed E-state index contributed by atoms with van der Waals surface area (Å²) in [6.07, 6.45) is 14.8. The number of epoxide rings is 1. The van der Waals surface area contributed by atoms with E-state index in [0.717, 1.165) is 36.3 Å². The molecular formula is C23H25ClN2O3. The molecule has 2 aliphatic carbocycles. The monoisotopic (exact) mass is 412 g/mol. The van der Waals surface area contributed by atoms with Crippen molar-refractivity contribution in [3.8, 4) is 0 Å². The third kappa shape index (κ3) is 2.99. The first kappa shape index (κ1) is 18.2. The van der Waals surface area contributed by atoms with Crippen LogP contribution in [0.4, 0.5) is 0 Å². The summed E-state index contributed by atoms with van der Waals surface area (Å²) in [6, 6.07) is 8.49. The summed E-state index contributed by atoms with van der Waals surface area (Å²) >= 11 is 6.13. The van der Waals surface area contributed by atoms with Crippen LogP contribution in [0.1, 0.15) is 31.2 Å². The molecule has 1 saturated carbocycles. The van der Waals surface area contributed by atoms with Gasteiger partial charge in [-0.15, -0.1) is 0 Å². The zero-order valence-corrected chi connectivity index (χ0v) is 17.0. The number of hydrogen-bond donors (Lipinski definition) is 1. The molecule has 1 aromatic carbocycles. The Morgan fingerprint density at radius 3 is 2.62 bits per heavy atom. The molecule has 152 valence electrons. The van der Waals surface area contributed by atoms with E-state index >= 15 is 0 Å². The quantitative estimate of drug-likeness (QED) is 0.765. The van der Waals surface area contributed by atoms with E-state index < -0.39 is 5.79 Å². The zero-order valence-electron chi connectivity index (χ0n) is 16.2. The maximum Gasteiger partial charge on any atom is 0.171 e. The van der Waals surface area contributed by atoms with Gasteiger partial charge in [-0.25, -0.2) is 5.43 Å². The van der Waals surface area contributed by atoms with Gasteiger partial charge in [0.15, 0.2) is 5.79 Å². The molecule has 5 aliphatic rings. The second kappa shape index (κ2) is 6.69. The molecule has 1 spiro atoms. The Hall–Kier alpha value is -1.63. The molecule has 0 radical (unpaired) electrons. The van der Waals surface area contributed by atoms with E-state index in [2.05, 4.69) is 52.9 Å². The fraction of sp³-hybridized carbons (Fsp3) is 0.478. The maximum atomic E-state index is 6.33. The summed E-state index contributed by atoms with van der Waals surface area (Å²) in [5.41, 5.74) is 5.96. The van der Waals surface area contributed by atoms with Crippen molar-refractivity contribution in [2.24, 2.45) is 0 Å². The fourth-order valence-electron chi connectivity index (χ4n) is 5.26. The third-order valence-electron chi connectivity index (χ3n) is 6.87. The summed E-state index contributed by atoms with van der Waals surface area (Å²) in [5.74, 6) is -0.414. The van der Waals surface area contributed by atoms with Crippen LogP contribution in [0.15, 0.2) is 54.6 Å². The van der Waals surface area contributed by atoms with Crippen molar-refractivity contribution in [1.82, 2.24) is 10.4 Å². The van der Waals surface area contributed by atoms with Crippen molar-refractivity contribution in [2.45, 2.75) is 55.3 Å². The molecule has 5 nitrogen and oxygen atoms in total. The maximum absolute atomic E-state index is 6.33. The van der Waals surface area contributed by atoms with Gasteiger partial charge in [0.1, 0.15) is 5.60 Å². The minimum Gasteiger partial charge on any atom is -0.364 e. The van der Waals surface area contributed by atoms with Gasteiger partial charge < -0.3 is 19.2 Å². The number of nitrogens with zero attached hydrogens (tertiary/aromatic N) is 1. The molecule has 0 amide bonds. The Morgan fingerprint density at radius 2 is 1.90 bits per heavy atom. The van der Waals surface area contributed by atoms with Crippen LogP contribution in [-0.2, 0) is 14.2 Å². The number of hydrazine groups is 1. The van der Waals surface area contributed by atoms with E-state index in [0.29, 0.717) is 13.2 Å². The van der Waals surface area contributed by atoms with Crippen molar-refractivity contribution in [3.63, 3.8) is 0 Å². The van der Waals surface area contributed by atoms with Gasteiger partial charge in [0, 0.05) is 17.9 Å². The lowest BCUT2D eigenvalue weighted by Gasteiger charge is -2.36. The van der Waals surface area contributed by atoms with Crippen LogP contribution in [0.3, 0.4) is 0 Å². The van der Waals surface area contributed by atoms with E-state index in [-0.39, 0.29) is 23.8 Å². The molecule has 6 heteroatoms. The van der Waals surface area contributed by atoms with E-state index in [1.54, 1.807) is 0 Å². The minimum absolute atomic E-state index is 0.135. The van der Waals surface area contributed by atoms with Crippen molar-refractivity contribution in [3.05, 3.63) is 65.2 Å². The number of hydrogen-bond acceptors (Lipinski definition) is 5. The Labute approximate surface area is 175 Å². The van der Waals surface area contributed by atoms with Crippen LogP contribution in [0.2, 0.25) is 5.02 Å². The van der Waals surface area contributed by atoms with E-state index in [9.17, 15) is 0 Å². The summed E-state index contributed by atoms with van der Waals surface area (Å²) in [6.45, 7) is 1.38. The van der Waals surface area contributed by atoms with E-state index in [1.165, 1.54) is 5.70 Å². The number of nitrogens with one attached hydrogen (secondary N) is 1. The highest BCUT2D eigenvalue weighted by Gasteiger charge is 2.68. The fourth-order valence-corrected chi connectivity index (χ4v) is 5.38. The highest BCUT2D eigenvalue weighted by molar-refractivity contribution is 6.30. The standard InChI is InChI=1S/C23H25ClN2O3/c24-17-8-6-16(7-9-17)19-14-20(25-26(19)18-4-2-1-3-5-18)23-11-10-22(15-21(23)29-23)27-12-13-28-22/h1-4,6-9,14,18,20-21,25H,5,10-13,15H2. The molecule has 2 saturated heterocycles. The number of rotatable bonds is 3. The van der Waals surface area contributed by atoms with Gasteiger partial charge in [-0.05, 0) is 36.6 Å². The minimum atomic E-state index is -0.414. The second-order valence-electron chi connectivity index (χ2n) is 8.52. The summed E-state index contributed by atoms with van der Waals surface area (Å²) in [7, 11) is 0. The van der Waals surface area contributed by atoms with Crippen molar-refractivity contribution < 1.29 is 14.2 Å². The SMILES string of the molecule is Clc1ccc(C2=CC(C34CCC5(CC3O4)OCCO5)NN2C2C=CC=CC2)cc1. The Kier molecular flexibility index (Phi) is 4.19. The van der Waals surface area contributed by atoms with Gasteiger partial charge in [-0.3, -0.25) is 0 Å². The molecule has 3 aliphatic heterocycles. The van der Waals surface area contributed by atoms with E-state index in [4.69, 9.17) is 25.8 Å². The second-order valence-corrected chi connectivity index (χ2v) is 8.96. The zero-order chi connectivity index (χ0) is 19.5. The lowest BCUT2D eigenvalue weighted by molar-refractivity contribution is -0.176. The molecule has 0 aromatic heterocycles. The summed E-state index contributed by atoms with van der Waals surface area (Å²) in [5, 5.41) is 3.05. The smallest absolute Gasteiger partial charge is 0.171 e. The average Bonchev–Trinajstić information content (AvgIpc) is 3.08. The van der Waals surface area contributed by atoms with Gasteiger partial charge >= 0.3 is 0 Å². The molecular weight excluding hydrogens is 388 g/mol. The van der Waals surface area contributed by atoms with Crippen molar-refractivity contribution >= 4 is 17.3 Å². The van der Waals surface area contributed by atoms with Gasteiger partial charge in [0.05, 0.1) is 37.1 Å². The molecule has 0 bridgehead atoms. The molecule has 6 rings (SSSR count). The summed E-state index contributed by atoms with van der Waals surface area (Å²) in [4.78, 5) is 0. The molecule has 3 fully saturated rings. The van der Waals surface area contributed by atoms with Crippen molar-refractivity contribution in [2.75, 3.05) is 13.2 Å². The number of fused-ring (bicyclic) bond motifs is 1. The molecule has 4 unspecified atom stereocenters. The lowest BCUT2D eigenvalue weighted by atomic mass is 9.80. The molecule has 3 heterocycles. The summed E-state index contributed by atoms with van der Waals surface area (Å²) < 4.78 is 18.2. The first-order valence-electron chi connectivity index (χ1n) is 10.5. The first-order chi connectivity index (χ1) is 14.2. The largest absolute Gasteiger partial charge is 0.364 e. The van der Waals surface area contributed by atoms with Crippen LogP contribution in [0.25, 0.3) is 5.70 Å². The van der Waals surface area contributed by atoms with Gasteiger partial charge in [0.25, 0.3) is 0 Å². The lowest BCUT2D eigenvalue weighted by Crippen LogP contribution is -2.52. The number of ether oxygens (including phenoxy) is 3. The van der Waals surface area contributed by atoms with Crippen LogP contribution >= 0.6 is 11.6 Å². The van der Waals surface area contributed by atoms with E-state index in [1.807, 2.05) is 12.1 Å². The van der Waals surface area contributed by atoms with Gasteiger partial charge in [-0.1, -0.05) is 48.0 Å². The molecule has 29 heavy (non-hydrogen) atoms. The topological polar surface area (TPSA) is 46.3 Å². The predicted molar refractivity (Wildman–Crippen MR) is 111 cm³/mol.